The summed E-state index contributed by atoms with van der Waals surface area (Å²) in [4.78, 5) is 36.2. The molecule has 0 bridgehead atoms. The Morgan fingerprint density at radius 3 is 2.39 bits per heavy atom. The summed E-state index contributed by atoms with van der Waals surface area (Å²) in [5.74, 6) is -1.75. The van der Waals surface area contributed by atoms with E-state index in [1.54, 1.807) is 13.8 Å². The quantitative estimate of drug-likeness (QED) is 0.560. The Morgan fingerprint density at radius 2 is 1.75 bits per heavy atom. The number of carbonyl (C=O) groups excluding carboxylic acids is 3. The standard InChI is InChI=1S/C19H20BrNO6S/c1-3-25-11-14(23)27-10-13(22)21-18-16(19(24)26-4-2)15(17(20)28-18)12-8-6-5-7-9-12/h5-9H,3-4,10-11H2,1-2H3,(H,21,22). The normalized spacial score (nSPS) is 10.4. The van der Waals surface area contributed by atoms with Crippen molar-refractivity contribution in [3.05, 3.63) is 39.7 Å². The number of ether oxygens (including phenoxy) is 3. The Labute approximate surface area is 175 Å². The summed E-state index contributed by atoms with van der Waals surface area (Å²) in [7, 11) is 0. The molecule has 0 aliphatic carbocycles. The highest BCUT2D eigenvalue weighted by atomic mass is 79.9. The maximum atomic E-state index is 12.5. The van der Waals surface area contributed by atoms with Gasteiger partial charge >= 0.3 is 11.9 Å². The zero-order valence-corrected chi connectivity index (χ0v) is 17.9. The highest BCUT2D eigenvalue weighted by Crippen LogP contribution is 2.44. The van der Waals surface area contributed by atoms with Crippen molar-refractivity contribution in [1.82, 2.24) is 0 Å². The maximum absolute atomic E-state index is 12.5. The van der Waals surface area contributed by atoms with E-state index in [1.807, 2.05) is 30.3 Å². The topological polar surface area (TPSA) is 90.9 Å². The molecule has 0 aliphatic rings. The number of nitrogens with one attached hydrogen (secondary N) is 1. The van der Waals surface area contributed by atoms with Gasteiger partial charge in [0.25, 0.3) is 5.91 Å². The SMILES string of the molecule is CCOCC(=O)OCC(=O)Nc1sc(Br)c(-c2ccccc2)c1C(=O)OCC. The van der Waals surface area contributed by atoms with Gasteiger partial charge in [0.2, 0.25) is 0 Å². The highest BCUT2D eigenvalue weighted by Gasteiger charge is 2.26. The van der Waals surface area contributed by atoms with Crippen molar-refractivity contribution in [2.24, 2.45) is 0 Å². The van der Waals surface area contributed by atoms with Crippen LogP contribution in [0.3, 0.4) is 0 Å². The number of halogens is 1. The summed E-state index contributed by atoms with van der Waals surface area (Å²) in [5.41, 5.74) is 1.68. The molecule has 0 radical (unpaired) electrons. The molecule has 1 aromatic carbocycles. The van der Waals surface area contributed by atoms with Crippen LogP contribution in [0, 0.1) is 0 Å². The lowest BCUT2D eigenvalue weighted by atomic mass is 10.0. The summed E-state index contributed by atoms with van der Waals surface area (Å²) in [5, 5.41) is 2.94. The molecule has 0 atom stereocenters. The van der Waals surface area contributed by atoms with Gasteiger partial charge in [-0.1, -0.05) is 30.3 Å². The minimum Gasteiger partial charge on any atom is -0.462 e. The highest BCUT2D eigenvalue weighted by molar-refractivity contribution is 9.11. The van der Waals surface area contributed by atoms with E-state index in [1.165, 1.54) is 11.3 Å². The van der Waals surface area contributed by atoms with Crippen molar-refractivity contribution in [3.63, 3.8) is 0 Å². The van der Waals surface area contributed by atoms with Gasteiger partial charge in [-0.05, 0) is 35.3 Å². The predicted octanol–water partition coefficient (Wildman–Crippen LogP) is 3.87. The zero-order valence-electron chi connectivity index (χ0n) is 15.5. The molecule has 0 unspecified atom stereocenters. The third-order valence-electron chi connectivity index (χ3n) is 3.45. The molecule has 0 saturated heterocycles. The van der Waals surface area contributed by atoms with Gasteiger partial charge < -0.3 is 19.5 Å². The number of benzene rings is 1. The fourth-order valence-electron chi connectivity index (χ4n) is 2.29. The number of hydrogen-bond acceptors (Lipinski definition) is 7. The number of carbonyl (C=O) groups is 3. The molecule has 2 rings (SSSR count). The molecule has 1 aromatic heterocycles. The number of hydrogen-bond donors (Lipinski definition) is 1. The van der Waals surface area contributed by atoms with Gasteiger partial charge in [0.05, 0.1) is 10.4 Å². The molecule has 1 N–H and O–H groups in total. The van der Waals surface area contributed by atoms with Crippen LogP contribution in [0.2, 0.25) is 0 Å². The minimum absolute atomic E-state index is 0.197. The first-order chi connectivity index (χ1) is 13.5. The summed E-state index contributed by atoms with van der Waals surface area (Å²) < 4.78 is 15.6. The Kier molecular flexibility index (Phi) is 8.62. The number of rotatable bonds is 9. The Hall–Kier alpha value is -2.23. The largest absolute Gasteiger partial charge is 0.462 e. The Bertz CT molecular complexity index is 836. The third-order valence-corrected chi connectivity index (χ3v) is 5.22. The van der Waals surface area contributed by atoms with Crippen LogP contribution >= 0.6 is 27.3 Å². The molecule has 0 aliphatic heterocycles. The van der Waals surface area contributed by atoms with E-state index in [4.69, 9.17) is 14.2 Å². The summed E-state index contributed by atoms with van der Waals surface area (Å²) >= 11 is 4.65. The molecule has 0 saturated carbocycles. The van der Waals surface area contributed by atoms with Crippen LogP contribution in [0.15, 0.2) is 34.1 Å². The number of thiophene rings is 1. The van der Waals surface area contributed by atoms with E-state index in [0.717, 1.165) is 5.56 Å². The van der Waals surface area contributed by atoms with Gasteiger partial charge in [-0.2, -0.15) is 0 Å². The molecular weight excluding hydrogens is 450 g/mol. The lowest BCUT2D eigenvalue weighted by molar-refractivity contribution is -0.151. The molecular formula is C19H20BrNO6S. The van der Waals surface area contributed by atoms with Crippen LogP contribution in [-0.2, 0) is 23.8 Å². The molecule has 2 aromatic rings. The van der Waals surface area contributed by atoms with Crippen LogP contribution < -0.4 is 5.32 Å². The van der Waals surface area contributed by atoms with Crippen molar-refractivity contribution in [3.8, 4) is 11.1 Å². The van der Waals surface area contributed by atoms with Crippen molar-refractivity contribution < 1.29 is 28.6 Å². The molecule has 9 heteroatoms. The third kappa shape index (κ3) is 5.88. The Morgan fingerprint density at radius 1 is 1.04 bits per heavy atom. The molecule has 1 heterocycles. The van der Waals surface area contributed by atoms with Crippen LogP contribution in [0.4, 0.5) is 5.00 Å². The van der Waals surface area contributed by atoms with Gasteiger partial charge in [0.1, 0.15) is 17.2 Å². The van der Waals surface area contributed by atoms with E-state index in [-0.39, 0.29) is 18.8 Å². The Balaban J connectivity index is 2.23. The number of amides is 1. The van der Waals surface area contributed by atoms with Crippen LogP contribution in [-0.4, -0.2) is 44.3 Å². The first kappa shape index (κ1) is 22.1. The molecule has 1 amide bonds. The lowest BCUT2D eigenvalue weighted by Crippen LogP contribution is -2.23. The van der Waals surface area contributed by atoms with Crippen molar-refractivity contribution in [2.45, 2.75) is 13.8 Å². The molecule has 0 spiro atoms. The molecule has 28 heavy (non-hydrogen) atoms. The molecule has 0 fully saturated rings. The van der Waals surface area contributed by atoms with E-state index < -0.39 is 24.5 Å². The second kappa shape index (κ2) is 10.9. The summed E-state index contributed by atoms with van der Waals surface area (Å²) in [6, 6.07) is 9.29. The van der Waals surface area contributed by atoms with E-state index in [2.05, 4.69) is 21.2 Å². The van der Waals surface area contributed by atoms with Crippen LogP contribution in [0.25, 0.3) is 11.1 Å². The summed E-state index contributed by atoms with van der Waals surface area (Å²) in [6.07, 6.45) is 0. The zero-order chi connectivity index (χ0) is 20.5. The second-order valence-corrected chi connectivity index (χ2v) is 7.73. The van der Waals surface area contributed by atoms with E-state index >= 15 is 0 Å². The number of esters is 2. The van der Waals surface area contributed by atoms with Gasteiger partial charge in [0.15, 0.2) is 6.61 Å². The monoisotopic (exact) mass is 469 g/mol. The van der Waals surface area contributed by atoms with Crippen LogP contribution in [0.5, 0.6) is 0 Å². The first-order valence-electron chi connectivity index (χ1n) is 8.55. The van der Waals surface area contributed by atoms with E-state index in [9.17, 15) is 14.4 Å². The summed E-state index contributed by atoms with van der Waals surface area (Å²) in [6.45, 7) is 3.32. The average Bonchev–Trinajstić information content (AvgIpc) is 3.01. The van der Waals surface area contributed by atoms with Crippen LogP contribution in [0.1, 0.15) is 24.2 Å². The van der Waals surface area contributed by atoms with Gasteiger partial charge in [-0.3, -0.25) is 4.79 Å². The van der Waals surface area contributed by atoms with Crippen molar-refractivity contribution in [2.75, 3.05) is 31.7 Å². The fraction of sp³-hybridized carbons (Fsp3) is 0.316. The van der Waals surface area contributed by atoms with E-state index in [0.29, 0.717) is 21.0 Å². The van der Waals surface area contributed by atoms with Gasteiger partial charge in [-0.15, -0.1) is 11.3 Å². The van der Waals surface area contributed by atoms with Crippen molar-refractivity contribution >= 4 is 50.1 Å². The van der Waals surface area contributed by atoms with Gasteiger partial charge in [-0.25, -0.2) is 9.59 Å². The molecule has 7 nitrogen and oxygen atoms in total. The average molecular weight is 470 g/mol. The second-order valence-electron chi connectivity index (χ2n) is 5.39. The van der Waals surface area contributed by atoms with Gasteiger partial charge in [0, 0.05) is 12.2 Å². The first-order valence-corrected chi connectivity index (χ1v) is 10.2. The minimum atomic E-state index is -0.639. The molecule has 150 valence electrons. The lowest BCUT2D eigenvalue weighted by Gasteiger charge is -2.09. The maximum Gasteiger partial charge on any atom is 0.341 e. The smallest absolute Gasteiger partial charge is 0.341 e. The predicted molar refractivity (Wildman–Crippen MR) is 109 cm³/mol. The van der Waals surface area contributed by atoms with Crippen molar-refractivity contribution in [1.29, 1.82) is 0 Å². The fourth-order valence-corrected chi connectivity index (χ4v) is 4.15. The number of anilines is 1.